The van der Waals surface area contributed by atoms with Crippen LogP contribution in [-0.2, 0) is 20.7 Å². The molecule has 3 rings (SSSR count). The molecular formula is C19H19NO3. The number of fused-ring (bicyclic) bond motifs is 3. The molecule has 0 unspecified atom stereocenters. The van der Waals surface area contributed by atoms with E-state index in [-0.39, 0.29) is 5.97 Å². The molecule has 0 radical (unpaired) electrons. The average molecular weight is 309 g/mol. The number of rotatable bonds is 4. The minimum absolute atomic E-state index is 0.273. The van der Waals surface area contributed by atoms with Gasteiger partial charge in [-0.25, -0.2) is 4.79 Å². The summed E-state index contributed by atoms with van der Waals surface area (Å²) in [5, 5.41) is 0. The summed E-state index contributed by atoms with van der Waals surface area (Å²) in [7, 11) is 0. The van der Waals surface area contributed by atoms with Crippen LogP contribution in [-0.4, -0.2) is 18.9 Å². The second-order valence-corrected chi connectivity index (χ2v) is 5.54. The van der Waals surface area contributed by atoms with Crippen molar-refractivity contribution in [2.24, 2.45) is 0 Å². The summed E-state index contributed by atoms with van der Waals surface area (Å²) in [5.41, 5.74) is 5.66. The Morgan fingerprint density at radius 3 is 2.91 bits per heavy atom. The van der Waals surface area contributed by atoms with Gasteiger partial charge >= 0.3 is 5.97 Å². The highest BCUT2D eigenvalue weighted by Gasteiger charge is 2.26. The monoisotopic (exact) mass is 309 g/mol. The molecule has 23 heavy (non-hydrogen) atoms. The van der Waals surface area contributed by atoms with Crippen molar-refractivity contribution in [3.8, 4) is 0 Å². The van der Waals surface area contributed by atoms with Gasteiger partial charge in [-0.1, -0.05) is 18.2 Å². The van der Waals surface area contributed by atoms with E-state index in [2.05, 4.69) is 0 Å². The minimum Gasteiger partial charge on any atom is -0.463 e. The Morgan fingerprint density at radius 2 is 2.17 bits per heavy atom. The summed E-state index contributed by atoms with van der Waals surface area (Å²) < 4.78 is 5.16. The zero-order valence-corrected chi connectivity index (χ0v) is 13.3. The Kier molecular flexibility index (Phi) is 4.15. The van der Waals surface area contributed by atoms with E-state index in [0.717, 1.165) is 34.4 Å². The summed E-state index contributed by atoms with van der Waals surface area (Å²) in [5.74, 6) is -0.273. The van der Waals surface area contributed by atoms with Gasteiger partial charge in [-0.2, -0.15) is 0 Å². The molecule has 0 saturated carbocycles. The molecule has 1 aromatic carbocycles. The summed E-state index contributed by atoms with van der Waals surface area (Å²) in [6.07, 6.45) is 9.74. The molecule has 4 nitrogen and oxygen atoms in total. The van der Waals surface area contributed by atoms with E-state index in [1.807, 2.05) is 48.4 Å². The third-order valence-electron chi connectivity index (χ3n) is 4.19. The third-order valence-corrected chi connectivity index (χ3v) is 4.19. The van der Waals surface area contributed by atoms with Gasteiger partial charge in [-0.15, -0.1) is 0 Å². The van der Waals surface area contributed by atoms with Crippen molar-refractivity contribution in [2.75, 3.05) is 11.5 Å². The summed E-state index contributed by atoms with van der Waals surface area (Å²) in [6.45, 7) is 4.18. The molecule has 0 spiro atoms. The number of allylic oxidation sites excluding steroid dienone is 2. The lowest BCUT2D eigenvalue weighted by Crippen LogP contribution is -2.25. The number of hydrogen-bond acceptors (Lipinski definition) is 4. The number of nitrogens with zero attached hydrogens (tertiary/aromatic N) is 1. The van der Waals surface area contributed by atoms with E-state index in [9.17, 15) is 9.59 Å². The van der Waals surface area contributed by atoms with Crippen molar-refractivity contribution in [1.82, 2.24) is 0 Å². The first-order valence-corrected chi connectivity index (χ1v) is 7.77. The van der Waals surface area contributed by atoms with Crippen LogP contribution in [0.25, 0.3) is 6.08 Å². The first-order valence-electron chi connectivity index (χ1n) is 7.77. The predicted molar refractivity (Wildman–Crippen MR) is 89.9 cm³/mol. The number of carbonyl (C=O) groups excluding carboxylic acids is 2. The standard InChI is InChI=1S/C19H19NO3/c1-3-23-19(22)16-5-4-11-20-17-8-6-13(2)14(10-12-21)15(17)7-9-18(16)20/h4,6-9,11-12H,3,5,10H2,1-2H3. The van der Waals surface area contributed by atoms with Crippen molar-refractivity contribution in [1.29, 1.82) is 0 Å². The number of esters is 1. The zero-order chi connectivity index (χ0) is 16.4. The lowest BCUT2D eigenvalue weighted by atomic mass is 9.92. The van der Waals surface area contributed by atoms with Crippen LogP contribution in [0.5, 0.6) is 0 Å². The predicted octanol–water partition coefficient (Wildman–Crippen LogP) is 3.30. The first-order chi connectivity index (χ1) is 11.2. The van der Waals surface area contributed by atoms with Crippen LogP contribution in [0.2, 0.25) is 0 Å². The van der Waals surface area contributed by atoms with E-state index < -0.39 is 0 Å². The van der Waals surface area contributed by atoms with Crippen LogP contribution in [0, 0.1) is 6.92 Å². The number of anilines is 1. The molecule has 0 aliphatic carbocycles. The molecule has 0 bridgehead atoms. The van der Waals surface area contributed by atoms with E-state index in [4.69, 9.17) is 4.74 Å². The second kappa shape index (κ2) is 6.24. The fourth-order valence-corrected chi connectivity index (χ4v) is 3.08. The van der Waals surface area contributed by atoms with Gasteiger partial charge in [0.2, 0.25) is 0 Å². The van der Waals surface area contributed by atoms with Gasteiger partial charge in [0, 0.05) is 24.6 Å². The fourth-order valence-electron chi connectivity index (χ4n) is 3.08. The van der Waals surface area contributed by atoms with Crippen LogP contribution in [0.15, 0.2) is 41.8 Å². The maximum Gasteiger partial charge on any atom is 0.336 e. The van der Waals surface area contributed by atoms with Gasteiger partial charge < -0.3 is 14.4 Å². The average Bonchev–Trinajstić information content (AvgIpc) is 2.56. The van der Waals surface area contributed by atoms with E-state index in [1.165, 1.54) is 0 Å². The topological polar surface area (TPSA) is 46.6 Å². The van der Waals surface area contributed by atoms with Crippen LogP contribution >= 0.6 is 0 Å². The Bertz CT molecular complexity index is 756. The first kappa shape index (κ1) is 15.3. The number of aldehydes is 1. The molecule has 2 heterocycles. The maximum atomic E-state index is 12.2. The Hall–Kier alpha value is -2.62. The maximum absolute atomic E-state index is 12.2. The zero-order valence-electron chi connectivity index (χ0n) is 13.3. The van der Waals surface area contributed by atoms with Crippen LogP contribution in [0.1, 0.15) is 30.0 Å². The van der Waals surface area contributed by atoms with Gasteiger partial charge in [-0.05, 0) is 37.1 Å². The van der Waals surface area contributed by atoms with Crippen molar-refractivity contribution < 1.29 is 14.3 Å². The van der Waals surface area contributed by atoms with Gasteiger partial charge in [0.05, 0.1) is 23.6 Å². The fraction of sp³-hybridized carbons (Fsp3) is 0.263. The number of carbonyl (C=O) groups is 2. The normalized spacial score (nSPS) is 15.3. The van der Waals surface area contributed by atoms with Gasteiger partial charge in [0.1, 0.15) is 6.29 Å². The van der Waals surface area contributed by atoms with Gasteiger partial charge in [-0.3, -0.25) is 0 Å². The molecular weight excluding hydrogens is 290 g/mol. The summed E-state index contributed by atoms with van der Waals surface area (Å²) in [6, 6.07) is 4.04. The quantitative estimate of drug-likeness (QED) is 0.632. The van der Waals surface area contributed by atoms with Crippen molar-refractivity contribution in [3.63, 3.8) is 0 Å². The molecule has 2 aliphatic rings. The van der Waals surface area contributed by atoms with Crippen LogP contribution in [0.4, 0.5) is 5.69 Å². The van der Waals surface area contributed by atoms with E-state index in [0.29, 0.717) is 25.0 Å². The summed E-state index contributed by atoms with van der Waals surface area (Å²) in [4.78, 5) is 25.2. The number of aryl methyl sites for hydroxylation is 1. The number of benzene rings is 1. The number of ether oxygens (including phenoxy) is 1. The molecule has 0 amide bonds. The van der Waals surface area contributed by atoms with Crippen LogP contribution < -0.4 is 4.90 Å². The van der Waals surface area contributed by atoms with Gasteiger partial charge in [0.25, 0.3) is 0 Å². The summed E-state index contributed by atoms with van der Waals surface area (Å²) >= 11 is 0. The lowest BCUT2D eigenvalue weighted by Gasteiger charge is -2.32. The molecule has 4 heteroatoms. The van der Waals surface area contributed by atoms with Crippen molar-refractivity contribution >= 4 is 24.0 Å². The van der Waals surface area contributed by atoms with Crippen molar-refractivity contribution in [3.05, 3.63) is 58.4 Å². The van der Waals surface area contributed by atoms with Gasteiger partial charge in [0.15, 0.2) is 0 Å². The minimum atomic E-state index is -0.273. The molecule has 2 aliphatic heterocycles. The molecule has 0 saturated heterocycles. The SMILES string of the molecule is CCOC(=O)C1=C2C=Cc3c(ccc(C)c3CC=O)N2C=CC1. The van der Waals surface area contributed by atoms with Crippen LogP contribution in [0.3, 0.4) is 0 Å². The highest BCUT2D eigenvalue weighted by atomic mass is 16.5. The molecule has 0 atom stereocenters. The number of hydrogen-bond donors (Lipinski definition) is 0. The lowest BCUT2D eigenvalue weighted by molar-refractivity contribution is -0.138. The third kappa shape index (κ3) is 2.61. The molecule has 0 fully saturated rings. The Morgan fingerprint density at radius 1 is 1.35 bits per heavy atom. The Labute approximate surface area is 135 Å². The van der Waals surface area contributed by atoms with Crippen molar-refractivity contribution in [2.45, 2.75) is 26.7 Å². The molecule has 0 N–H and O–H groups in total. The molecule has 1 aromatic rings. The largest absolute Gasteiger partial charge is 0.463 e. The highest BCUT2D eigenvalue weighted by molar-refractivity contribution is 5.94. The van der Waals surface area contributed by atoms with E-state index >= 15 is 0 Å². The van der Waals surface area contributed by atoms with E-state index in [1.54, 1.807) is 6.92 Å². The highest BCUT2D eigenvalue weighted by Crippen LogP contribution is 2.38. The molecule has 118 valence electrons. The second-order valence-electron chi connectivity index (χ2n) is 5.54. The molecule has 0 aromatic heterocycles. The Balaban J connectivity index is 2.11. The smallest absolute Gasteiger partial charge is 0.336 e.